The van der Waals surface area contributed by atoms with E-state index in [0.29, 0.717) is 11.1 Å². The molecule has 1 N–H and O–H groups in total. The van der Waals surface area contributed by atoms with Crippen LogP contribution in [0, 0.1) is 0 Å². The van der Waals surface area contributed by atoms with Crippen molar-refractivity contribution in [2.24, 2.45) is 0 Å². The van der Waals surface area contributed by atoms with Crippen molar-refractivity contribution in [3.8, 4) is 0 Å². The Morgan fingerprint density at radius 2 is 2.19 bits per heavy atom. The number of nitrogens with one attached hydrogen (secondary N) is 1. The molecule has 0 unspecified atom stereocenters. The van der Waals surface area contributed by atoms with E-state index in [2.05, 4.69) is 20.9 Å². The highest BCUT2D eigenvalue weighted by Gasteiger charge is 2.14. The minimum absolute atomic E-state index is 0.0271. The summed E-state index contributed by atoms with van der Waals surface area (Å²) in [5, 5.41) is 0. The topological polar surface area (TPSA) is 77.5 Å². The number of hydrogen-bond acceptors (Lipinski definition) is 5. The SMILES string of the molecule is COCCONS(=O)(=O)c1cncc(Br)c1. The lowest BCUT2D eigenvalue weighted by Gasteiger charge is -2.06. The van der Waals surface area contributed by atoms with Crippen LogP contribution in [-0.2, 0) is 19.6 Å². The molecule has 0 aliphatic carbocycles. The lowest BCUT2D eigenvalue weighted by Crippen LogP contribution is -2.25. The third-order valence-electron chi connectivity index (χ3n) is 1.55. The van der Waals surface area contributed by atoms with Gasteiger partial charge in [-0.15, -0.1) is 0 Å². The molecular formula is C8H11BrN2O4S. The minimum Gasteiger partial charge on any atom is -0.382 e. The fraction of sp³-hybridized carbons (Fsp3) is 0.375. The molecule has 0 fully saturated rings. The first-order chi connectivity index (χ1) is 7.56. The lowest BCUT2D eigenvalue weighted by atomic mass is 10.5. The Balaban J connectivity index is 2.64. The van der Waals surface area contributed by atoms with E-state index in [4.69, 9.17) is 9.57 Å². The van der Waals surface area contributed by atoms with E-state index in [9.17, 15) is 8.42 Å². The first-order valence-corrected chi connectivity index (χ1v) is 6.57. The van der Waals surface area contributed by atoms with Crippen molar-refractivity contribution in [2.75, 3.05) is 20.3 Å². The summed E-state index contributed by atoms with van der Waals surface area (Å²) in [6.45, 7) is 0.441. The summed E-state index contributed by atoms with van der Waals surface area (Å²) >= 11 is 3.13. The Hall–Kier alpha value is -0.540. The largest absolute Gasteiger partial charge is 0.382 e. The second-order valence-corrected chi connectivity index (χ2v) is 5.33. The number of nitrogens with zero attached hydrogens (tertiary/aromatic N) is 1. The summed E-state index contributed by atoms with van der Waals surface area (Å²) in [5.74, 6) is 0. The highest BCUT2D eigenvalue weighted by atomic mass is 79.9. The second-order valence-electron chi connectivity index (χ2n) is 2.77. The van der Waals surface area contributed by atoms with E-state index in [1.165, 1.54) is 25.6 Å². The highest BCUT2D eigenvalue weighted by molar-refractivity contribution is 9.10. The van der Waals surface area contributed by atoms with Crippen molar-refractivity contribution in [3.05, 3.63) is 22.9 Å². The fourth-order valence-electron chi connectivity index (χ4n) is 0.832. The maximum absolute atomic E-state index is 11.6. The Labute approximate surface area is 102 Å². The average molecular weight is 311 g/mol. The number of hydrogen-bond donors (Lipinski definition) is 1. The molecule has 0 radical (unpaired) electrons. The van der Waals surface area contributed by atoms with Gasteiger partial charge in [-0.3, -0.25) is 9.82 Å². The molecule has 90 valence electrons. The van der Waals surface area contributed by atoms with Gasteiger partial charge >= 0.3 is 0 Å². The predicted octanol–water partition coefficient (Wildman–Crippen LogP) is 0.700. The number of halogens is 1. The maximum atomic E-state index is 11.6. The molecule has 0 spiro atoms. The van der Waals surface area contributed by atoms with Gasteiger partial charge in [-0.2, -0.15) is 0 Å². The van der Waals surface area contributed by atoms with E-state index in [1.807, 2.05) is 4.89 Å². The Kier molecular flexibility index (Phi) is 5.29. The number of ether oxygens (including phenoxy) is 1. The van der Waals surface area contributed by atoms with Crippen molar-refractivity contribution in [1.29, 1.82) is 0 Å². The first-order valence-electron chi connectivity index (χ1n) is 4.29. The molecule has 1 rings (SSSR count). The standard InChI is InChI=1S/C8H11BrN2O4S/c1-14-2-3-15-11-16(12,13)8-4-7(9)5-10-6-8/h4-6,11H,2-3H2,1H3. The molecule has 1 aromatic rings. The lowest BCUT2D eigenvalue weighted by molar-refractivity contribution is 0.0438. The van der Waals surface area contributed by atoms with Crippen LogP contribution in [0.15, 0.2) is 27.8 Å². The monoisotopic (exact) mass is 310 g/mol. The maximum Gasteiger partial charge on any atom is 0.264 e. The molecule has 0 atom stereocenters. The van der Waals surface area contributed by atoms with Gasteiger partial charge in [0.2, 0.25) is 0 Å². The fourth-order valence-corrected chi connectivity index (χ4v) is 2.16. The van der Waals surface area contributed by atoms with Gasteiger partial charge in [-0.05, 0) is 22.0 Å². The van der Waals surface area contributed by atoms with Crippen molar-refractivity contribution in [1.82, 2.24) is 9.87 Å². The third kappa shape index (κ3) is 4.14. The van der Waals surface area contributed by atoms with Crippen LogP contribution in [0.2, 0.25) is 0 Å². The molecule has 16 heavy (non-hydrogen) atoms. The molecule has 1 aromatic heterocycles. The van der Waals surface area contributed by atoms with Gasteiger partial charge in [0.15, 0.2) is 0 Å². The van der Waals surface area contributed by atoms with E-state index in [-0.39, 0.29) is 11.5 Å². The van der Waals surface area contributed by atoms with Crippen LogP contribution in [0.3, 0.4) is 0 Å². The molecule has 0 bridgehead atoms. The van der Waals surface area contributed by atoms with Crippen LogP contribution < -0.4 is 4.89 Å². The van der Waals surface area contributed by atoms with E-state index in [0.717, 1.165) is 0 Å². The van der Waals surface area contributed by atoms with Gasteiger partial charge < -0.3 is 4.74 Å². The van der Waals surface area contributed by atoms with Crippen LogP contribution in [0.5, 0.6) is 0 Å². The van der Waals surface area contributed by atoms with Crippen LogP contribution in [0.25, 0.3) is 0 Å². The number of aromatic nitrogens is 1. The third-order valence-corrected chi connectivity index (χ3v) is 3.16. The molecular weight excluding hydrogens is 300 g/mol. The average Bonchev–Trinajstić information content (AvgIpc) is 2.24. The van der Waals surface area contributed by atoms with Gasteiger partial charge in [0.05, 0.1) is 13.2 Å². The van der Waals surface area contributed by atoms with Crippen molar-refractivity contribution in [2.45, 2.75) is 4.90 Å². The molecule has 0 saturated carbocycles. The number of methoxy groups -OCH3 is 1. The smallest absolute Gasteiger partial charge is 0.264 e. The summed E-state index contributed by atoms with van der Waals surface area (Å²) in [6, 6.07) is 1.43. The molecule has 0 amide bonds. The number of rotatable bonds is 6. The van der Waals surface area contributed by atoms with Crippen LogP contribution in [-0.4, -0.2) is 33.7 Å². The Morgan fingerprint density at radius 1 is 1.44 bits per heavy atom. The Bertz CT molecular complexity index is 437. The second kappa shape index (κ2) is 6.26. The molecule has 1 heterocycles. The first kappa shape index (κ1) is 13.5. The van der Waals surface area contributed by atoms with E-state index >= 15 is 0 Å². The predicted molar refractivity (Wildman–Crippen MR) is 60.1 cm³/mol. The minimum atomic E-state index is -3.68. The van der Waals surface area contributed by atoms with Gasteiger partial charge in [0.25, 0.3) is 10.0 Å². The highest BCUT2D eigenvalue weighted by Crippen LogP contribution is 2.13. The van der Waals surface area contributed by atoms with Crippen molar-refractivity contribution >= 4 is 26.0 Å². The molecule has 8 heteroatoms. The molecule has 0 aliphatic heterocycles. The van der Waals surface area contributed by atoms with Crippen LogP contribution in [0.4, 0.5) is 0 Å². The summed E-state index contributed by atoms with van der Waals surface area (Å²) in [7, 11) is -2.19. The number of sulfonamides is 1. The van der Waals surface area contributed by atoms with E-state index < -0.39 is 10.0 Å². The summed E-state index contributed by atoms with van der Waals surface area (Å²) in [4.78, 5) is 10.5. The van der Waals surface area contributed by atoms with Crippen molar-refractivity contribution < 1.29 is 18.0 Å². The van der Waals surface area contributed by atoms with Gasteiger partial charge in [0.1, 0.15) is 4.90 Å². The van der Waals surface area contributed by atoms with Gasteiger partial charge in [0, 0.05) is 24.0 Å². The zero-order chi connectivity index (χ0) is 12.0. The van der Waals surface area contributed by atoms with E-state index in [1.54, 1.807) is 0 Å². The van der Waals surface area contributed by atoms with Crippen LogP contribution in [0.1, 0.15) is 0 Å². The molecule has 0 saturated heterocycles. The molecule has 0 aliphatic rings. The van der Waals surface area contributed by atoms with Gasteiger partial charge in [-0.25, -0.2) is 8.42 Å². The normalized spacial score (nSPS) is 11.6. The van der Waals surface area contributed by atoms with Crippen molar-refractivity contribution in [3.63, 3.8) is 0 Å². The molecule has 0 aromatic carbocycles. The molecule has 6 nitrogen and oxygen atoms in total. The zero-order valence-electron chi connectivity index (χ0n) is 8.51. The Morgan fingerprint density at radius 3 is 2.81 bits per heavy atom. The van der Waals surface area contributed by atoms with Crippen LogP contribution >= 0.6 is 15.9 Å². The summed E-state index contributed by atoms with van der Waals surface area (Å²) < 4.78 is 28.5. The number of pyridine rings is 1. The zero-order valence-corrected chi connectivity index (χ0v) is 10.9. The van der Waals surface area contributed by atoms with Gasteiger partial charge in [-0.1, -0.05) is 4.89 Å². The summed E-state index contributed by atoms with van der Waals surface area (Å²) in [6.07, 6.45) is 2.72. The summed E-state index contributed by atoms with van der Waals surface area (Å²) in [5.41, 5.74) is 0. The quantitative estimate of drug-likeness (QED) is 0.618.